The van der Waals surface area contributed by atoms with Gasteiger partial charge in [0.1, 0.15) is 11.4 Å². The van der Waals surface area contributed by atoms with Gasteiger partial charge in [0.15, 0.2) is 0 Å². The zero-order valence-corrected chi connectivity index (χ0v) is 10.9. The van der Waals surface area contributed by atoms with Crippen molar-refractivity contribution < 1.29 is 14.3 Å². The monoisotopic (exact) mass is 274 g/mol. The number of hydrogen-bond acceptors (Lipinski definition) is 5. The summed E-state index contributed by atoms with van der Waals surface area (Å²) in [6.07, 6.45) is 1.29. The molecule has 1 aromatic heterocycles. The predicted octanol–water partition coefficient (Wildman–Crippen LogP) is 0.730. The lowest BCUT2D eigenvalue weighted by atomic mass is 10.2. The van der Waals surface area contributed by atoms with Crippen LogP contribution in [0.4, 0.5) is 5.82 Å². The number of esters is 1. The molecule has 7 nitrogen and oxygen atoms in total. The van der Waals surface area contributed by atoms with Crippen LogP contribution in [0.5, 0.6) is 0 Å². The predicted molar refractivity (Wildman–Crippen MR) is 72.5 cm³/mol. The van der Waals surface area contributed by atoms with E-state index in [1.807, 2.05) is 0 Å². The molecule has 0 radical (unpaired) electrons. The van der Waals surface area contributed by atoms with E-state index in [1.54, 1.807) is 31.2 Å². The first-order chi connectivity index (χ1) is 9.54. The maximum atomic E-state index is 11.7. The average Bonchev–Trinajstić information content (AvgIpc) is 2.81. The number of nitrogens with zero attached hydrogens (tertiary/aromatic N) is 2. The van der Waals surface area contributed by atoms with Crippen molar-refractivity contribution in [1.82, 2.24) is 9.78 Å². The third-order valence-corrected chi connectivity index (χ3v) is 2.67. The van der Waals surface area contributed by atoms with Crippen molar-refractivity contribution in [2.75, 3.05) is 12.3 Å². The lowest BCUT2D eigenvalue weighted by molar-refractivity contribution is 0.0526. The number of hydrogen-bond donors (Lipinski definition) is 2. The Morgan fingerprint density at radius 1 is 1.40 bits per heavy atom. The van der Waals surface area contributed by atoms with Gasteiger partial charge >= 0.3 is 5.97 Å². The van der Waals surface area contributed by atoms with E-state index in [-0.39, 0.29) is 11.4 Å². The van der Waals surface area contributed by atoms with E-state index in [9.17, 15) is 9.59 Å². The maximum absolute atomic E-state index is 11.7. The first-order valence-electron chi connectivity index (χ1n) is 5.95. The van der Waals surface area contributed by atoms with E-state index in [0.29, 0.717) is 17.9 Å². The van der Waals surface area contributed by atoms with Crippen molar-refractivity contribution in [3.05, 3.63) is 41.6 Å². The summed E-state index contributed by atoms with van der Waals surface area (Å²) in [5.41, 5.74) is 12.0. The normalized spacial score (nSPS) is 10.2. The second-order valence-corrected chi connectivity index (χ2v) is 3.99. The highest BCUT2D eigenvalue weighted by Crippen LogP contribution is 2.18. The van der Waals surface area contributed by atoms with Crippen molar-refractivity contribution in [2.45, 2.75) is 6.92 Å². The molecule has 0 spiro atoms. The Balaban J connectivity index is 2.41. The molecular weight excluding hydrogens is 260 g/mol. The van der Waals surface area contributed by atoms with Gasteiger partial charge in [0, 0.05) is 0 Å². The van der Waals surface area contributed by atoms with E-state index in [0.717, 1.165) is 0 Å². The van der Waals surface area contributed by atoms with Gasteiger partial charge in [-0.3, -0.25) is 4.79 Å². The molecule has 2 rings (SSSR count). The van der Waals surface area contributed by atoms with Crippen molar-refractivity contribution in [3.63, 3.8) is 0 Å². The molecular formula is C13H14N4O3. The number of rotatable bonds is 4. The van der Waals surface area contributed by atoms with Crippen LogP contribution in [0.1, 0.15) is 27.6 Å². The SMILES string of the molecule is CCOC(=O)c1cccc(-n2ncc(C(N)=O)c2N)c1. The molecule has 1 aromatic carbocycles. The summed E-state index contributed by atoms with van der Waals surface area (Å²) < 4.78 is 6.25. The Labute approximate surface area is 115 Å². The molecule has 0 aliphatic carbocycles. The van der Waals surface area contributed by atoms with Crippen LogP contribution >= 0.6 is 0 Å². The molecule has 7 heteroatoms. The molecule has 0 aliphatic heterocycles. The first-order valence-corrected chi connectivity index (χ1v) is 5.95. The maximum Gasteiger partial charge on any atom is 0.338 e. The van der Waals surface area contributed by atoms with Crippen molar-refractivity contribution in [3.8, 4) is 5.69 Å². The molecule has 0 atom stereocenters. The standard InChI is InChI=1S/C13H14N4O3/c1-2-20-13(19)8-4-3-5-9(6-8)17-11(14)10(7-16-17)12(15)18/h3-7H,2,14H2,1H3,(H2,15,18). The molecule has 0 unspecified atom stereocenters. The summed E-state index contributed by atoms with van der Waals surface area (Å²) in [4.78, 5) is 22.8. The lowest BCUT2D eigenvalue weighted by Crippen LogP contribution is -2.13. The number of nitrogens with two attached hydrogens (primary N) is 2. The third-order valence-electron chi connectivity index (χ3n) is 2.67. The lowest BCUT2D eigenvalue weighted by Gasteiger charge is -2.07. The van der Waals surface area contributed by atoms with E-state index in [4.69, 9.17) is 16.2 Å². The van der Waals surface area contributed by atoms with Crippen LogP contribution in [0.15, 0.2) is 30.5 Å². The number of primary amides is 1. The highest BCUT2D eigenvalue weighted by atomic mass is 16.5. The molecule has 1 heterocycles. The minimum atomic E-state index is -0.657. The summed E-state index contributed by atoms with van der Waals surface area (Å²) in [5, 5.41) is 3.99. The molecule has 1 amide bonds. The molecule has 2 aromatic rings. The minimum absolute atomic E-state index is 0.124. The quantitative estimate of drug-likeness (QED) is 0.798. The molecule has 0 fully saturated rings. The van der Waals surface area contributed by atoms with Gasteiger partial charge < -0.3 is 16.2 Å². The van der Waals surface area contributed by atoms with Gasteiger partial charge in [0.05, 0.1) is 24.1 Å². The van der Waals surface area contributed by atoms with E-state index in [2.05, 4.69) is 5.10 Å². The summed E-state index contributed by atoms with van der Waals surface area (Å²) in [6.45, 7) is 2.02. The second-order valence-electron chi connectivity index (χ2n) is 3.99. The van der Waals surface area contributed by atoms with Crippen molar-refractivity contribution in [1.29, 1.82) is 0 Å². The van der Waals surface area contributed by atoms with Gasteiger partial charge in [-0.2, -0.15) is 5.10 Å². The summed E-state index contributed by atoms with van der Waals surface area (Å²) in [5.74, 6) is -0.969. The molecule has 0 bridgehead atoms. The van der Waals surface area contributed by atoms with Crippen LogP contribution in [0.2, 0.25) is 0 Å². The summed E-state index contributed by atoms with van der Waals surface area (Å²) in [6, 6.07) is 6.58. The highest BCUT2D eigenvalue weighted by molar-refractivity contribution is 5.97. The third kappa shape index (κ3) is 2.46. The smallest absolute Gasteiger partial charge is 0.338 e. The van der Waals surface area contributed by atoms with E-state index < -0.39 is 11.9 Å². The van der Waals surface area contributed by atoms with Crippen LogP contribution in [-0.2, 0) is 4.74 Å². The van der Waals surface area contributed by atoms with Gasteiger partial charge in [0.2, 0.25) is 0 Å². The fourth-order valence-electron chi connectivity index (χ4n) is 1.73. The van der Waals surface area contributed by atoms with Gasteiger partial charge in [-0.05, 0) is 25.1 Å². The topological polar surface area (TPSA) is 113 Å². The number of ether oxygens (including phenoxy) is 1. The van der Waals surface area contributed by atoms with Gasteiger partial charge in [-0.15, -0.1) is 0 Å². The van der Waals surface area contributed by atoms with Gasteiger partial charge in [0.25, 0.3) is 5.91 Å². The van der Waals surface area contributed by atoms with Crippen LogP contribution in [0, 0.1) is 0 Å². The Bertz CT molecular complexity index is 663. The summed E-state index contributed by atoms with van der Waals surface area (Å²) in [7, 11) is 0. The molecule has 0 saturated heterocycles. The van der Waals surface area contributed by atoms with Gasteiger partial charge in [-0.25, -0.2) is 9.48 Å². The zero-order chi connectivity index (χ0) is 14.7. The van der Waals surface area contributed by atoms with E-state index in [1.165, 1.54) is 10.9 Å². The van der Waals surface area contributed by atoms with Crippen LogP contribution < -0.4 is 11.5 Å². The fourth-order valence-corrected chi connectivity index (χ4v) is 1.73. The minimum Gasteiger partial charge on any atom is -0.462 e. The first kappa shape index (κ1) is 13.6. The number of carbonyl (C=O) groups is 2. The molecule has 0 saturated carbocycles. The Morgan fingerprint density at radius 2 is 2.15 bits per heavy atom. The number of nitrogen functional groups attached to an aromatic ring is 1. The average molecular weight is 274 g/mol. The number of anilines is 1. The number of amides is 1. The Morgan fingerprint density at radius 3 is 2.75 bits per heavy atom. The van der Waals surface area contributed by atoms with Crippen LogP contribution in [-0.4, -0.2) is 28.3 Å². The zero-order valence-electron chi connectivity index (χ0n) is 10.9. The number of carbonyl (C=O) groups excluding carboxylic acids is 2. The molecule has 4 N–H and O–H groups in total. The van der Waals surface area contributed by atoms with Gasteiger partial charge in [-0.1, -0.05) is 6.07 Å². The van der Waals surface area contributed by atoms with Crippen molar-refractivity contribution >= 4 is 17.7 Å². The largest absolute Gasteiger partial charge is 0.462 e. The number of benzene rings is 1. The highest BCUT2D eigenvalue weighted by Gasteiger charge is 2.14. The molecule has 0 aliphatic rings. The molecule has 104 valence electrons. The van der Waals surface area contributed by atoms with Crippen molar-refractivity contribution in [2.24, 2.45) is 5.73 Å². The van der Waals surface area contributed by atoms with Crippen LogP contribution in [0.25, 0.3) is 5.69 Å². The Kier molecular flexibility index (Phi) is 3.69. The van der Waals surface area contributed by atoms with E-state index >= 15 is 0 Å². The molecule has 20 heavy (non-hydrogen) atoms. The van der Waals surface area contributed by atoms with Crippen LogP contribution in [0.3, 0.4) is 0 Å². The second kappa shape index (κ2) is 5.43. The fraction of sp³-hybridized carbons (Fsp3) is 0.154. The Hall–Kier alpha value is -2.83. The summed E-state index contributed by atoms with van der Waals surface area (Å²) >= 11 is 0. The number of aromatic nitrogens is 2.